The first-order valence-corrected chi connectivity index (χ1v) is 4.72. The molecule has 6 heteroatoms. The lowest BCUT2D eigenvalue weighted by atomic mass is 10.1. The molecular weight excluding hydrogens is 301 g/mol. The van der Waals surface area contributed by atoms with Gasteiger partial charge in [0.05, 0.1) is 0 Å². The number of carboxylic acid groups (broad SMARTS) is 1. The molecule has 0 saturated heterocycles. The topological polar surface area (TPSA) is 80.4 Å². The number of rotatable bonds is 3. The molecule has 0 heterocycles. The van der Waals surface area contributed by atoms with E-state index in [-0.39, 0.29) is 5.56 Å². The predicted molar refractivity (Wildman–Crippen MR) is 56.5 cm³/mol. The molecule has 1 N–H and O–H groups in total. The van der Waals surface area contributed by atoms with Crippen LogP contribution in [0.3, 0.4) is 0 Å². The zero-order valence-electron chi connectivity index (χ0n) is 6.88. The summed E-state index contributed by atoms with van der Waals surface area (Å²) in [5, 5.41) is 19.1. The highest BCUT2D eigenvalue weighted by atomic mass is 127. The van der Waals surface area contributed by atoms with Crippen LogP contribution in [0.25, 0.3) is 0 Å². The number of benzene rings is 1. The second-order valence-electron chi connectivity index (χ2n) is 2.58. The van der Waals surface area contributed by atoms with Gasteiger partial charge in [-0.2, -0.15) is 0 Å². The Morgan fingerprint density at radius 2 is 1.93 bits per heavy atom. The van der Waals surface area contributed by atoms with Gasteiger partial charge >= 0.3 is 12.0 Å². The lowest BCUT2D eigenvalue weighted by molar-refractivity contribution is -0.516. The van der Waals surface area contributed by atoms with E-state index >= 15 is 0 Å². The largest absolute Gasteiger partial charge is 0.476 e. The summed E-state index contributed by atoms with van der Waals surface area (Å²) in [6.07, 6.45) is 0. The van der Waals surface area contributed by atoms with Crippen molar-refractivity contribution in [2.45, 2.75) is 6.04 Å². The van der Waals surface area contributed by atoms with Crippen LogP contribution in [-0.4, -0.2) is 16.0 Å². The average molecular weight is 307 g/mol. The molecule has 0 aliphatic carbocycles. The van der Waals surface area contributed by atoms with Crippen molar-refractivity contribution in [3.63, 3.8) is 0 Å². The van der Waals surface area contributed by atoms with Crippen molar-refractivity contribution in [2.75, 3.05) is 0 Å². The first-order valence-electron chi connectivity index (χ1n) is 3.64. The molecule has 0 amide bonds. The van der Waals surface area contributed by atoms with E-state index in [1.54, 1.807) is 12.1 Å². The van der Waals surface area contributed by atoms with Gasteiger partial charge in [-0.3, -0.25) is 10.1 Å². The van der Waals surface area contributed by atoms with Gasteiger partial charge in [-0.1, -0.05) is 12.1 Å². The molecule has 0 fully saturated rings. The van der Waals surface area contributed by atoms with Gasteiger partial charge in [-0.05, 0) is 34.7 Å². The molecule has 0 aliphatic rings. The predicted octanol–water partition coefficient (Wildman–Crippen LogP) is 1.69. The highest BCUT2D eigenvalue weighted by Crippen LogP contribution is 2.17. The molecule has 0 bridgehead atoms. The van der Waals surface area contributed by atoms with Crippen LogP contribution in [0.5, 0.6) is 0 Å². The average Bonchev–Trinajstić information content (AvgIpc) is 2.07. The maximum Gasteiger partial charge on any atom is 0.384 e. The summed E-state index contributed by atoms with van der Waals surface area (Å²) in [5.74, 6) is -1.45. The van der Waals surface area contributed by atoms with Crippen molar-refractivity contribution < 1.29 is 14.8 Å². The van der Waals surface area contributed by atoms with Gasteiger partial charge < -0.3 is 5.11 Å². The van der Waals surface area contributed by atoms with Gasteiger partial charge in [0.15, 0.2) is 0 Å². The van der Waals surface area contributed by atoms with Crippen molar-refractivity contribution in [1.29, 1.82) is 0 Å². The normalized spacial score (nSPS) is 12.1. The van der Waals surface area contributed by atoms with Crippen molar-refractivity contribution in [2.24, 2.45) is 0 Å². The number of hydrogen-bond donors (Lipinski definition) is 1. The number of nitro groups is 1. The monoisotopic (exact) mass is 307 g/mol. The molecule has 5 nitrogen and oxygen atoms in total. The van der Waals surface area contributed by atoms with Crippen LogP contribution >= 0.6 is 22.6 Å². The van der Waals surface area contributed by atoms with E-state index in [1.165, 1.54) is 12.1 Å². The van der Waals surface area contributed by atoms with Crippen LogP contribution in [-0.2, 0) is 4.79 Å². The van der Waals surface area contributed by atoms with Crippen molar-refractivity contribution in [1.82, 2.24) is 0 Å². The minimum atomic E-state index is -1.67. The van der Waals surface area contributed by atoms with Crippen LogP contribution in [0.15, 0.2) is 24.3 Å². The van der Waals surface area contributed by atoms with Gasteiger partial charge in [0.25, 0.3) is 0 Å². The minimum absolute atomic E-state index is 0.183. The number of halogens is 1. The third-order valence-corrected chi connectivity index (χ3v) is 2.35. The van der Waals surface area contributed by atoms with Crippen molar-refractivity contribution in [3.8, 4) is 0 Å². The molecule has 1 aromatic carbocycles. The number of carboxylic acids is 1. The molecule has 0 radical (unpaired) electrons. The van der Waals surface area contributed by atoms with Gasteiger partial charge in [-0.25, -0.2) is 4.79 Å². The maximum atomic E-state index is 10.6. The smallest absolute Gasteiger partial charge is 0.384 e. The zero-order valence-corrected chi connectivity index (χ0v) is 9.04. The fraction of sp³-hybridized carbons (Fsp3) is 0.125. The third-order valence-electron chi connectivity index (χ3n) is 1.63. The second kappa shape index (κ2) is 4.36. The molecule has 0 spiro atoms. The standard InChI is InChI=1S/C8H6INO4/c9-6-3-1-5(2-4-6)7(8(11)12)10(13)14/h1-4,7H,(H,11,12). The quantitative estimate of drug-likeness (QED) is 0.523. The Morgan fingerprint density at radius 1 is 1.43 bits per heavy atom. The summed E-state index contributed by atoms with van der Waals surface area (Å²) < 4.78 is 0.902. The van der Waals surface area contributed by atoms with Crippen LogP contribution in [0, 0.1) is 13.7 Å². The molecule has 0 saturated carbocycles. The molecular formula is C8H6INO4. The Morgan fingerprint density at radius 3 is 2.29 bits per heavy atom. The Balaban J connectivity index is 3.06. The summed E-state index contributed by atoms with van der Waals surface area (Å²) in [7, 11) is 0. The highest BCUT2D eigenvalue weighted by molar-refractivity contribution is 14.1. The first kappa shape index (κ1) is 10.9. The van der Waals surface area contributed by atoms with Crippen LogP contribution in [0.4, 0.5) is 0 Å². The van der Waals surface area contributed by atoms with Crippen LogP contribution in [0.1, 0.15) is 11.6 Å². The van der Waals surface area contributed by atoms with Crippen LogP contribution < -0.4 is 0 Å². The number of hydrogen-bond acceptors (Lipinski definition) is 3. The van der Waals surface area contributed by atoms with Gasteiger partial charge in [-0.15, -0.1) is 0 Å². The lowest BCUT2D eigenvalue weighted by Crippen LogP contribution is -2.20. The molecule has 1 rings (SSSR count). The summed E-state index contributed by atoms with van der Waals surface area (Å²) in [6, 6.07) is 4.49. The van der Waals surface area contributed by atoms with E-state index in [2.05, 4.69) is 0 Å². The van der Waals surface area contributed by atoms with Crippen molar-refractivity contribution in [3.05, 3.63) is 43.5 Å². The van der Waals surface area contributed by atoms with E-state index < -0.39 is 16.9 Å². The Labute approximate surface area is 93.0 Å². The SMILES string of the molecule is O=C(O)C(c1ccc(I)cc1)[N+](=O)[O-]. The summed E-state index contributed by atoms with van der Waals surface area (Å²) >= 11 is 2.04. The Hall–Kier alpha value is -1.18. The van der Waals surface area contributed by atoms with Crippen LogP contribution in [0.2, 0.25) is 0 Å². The maximum absolute atomic E-state index is 10.6. The fourth-order valence-corrected chi connectivity index (χ4v) is 1.36. The summed E-state index contributed by atoms with van der Waals surface area (Å²) in [4.78, 5) is 20.2. The highest BCUT2D eigenvalue weighted by Gasteiger charge is 2.31. The lowest BCUT2D eigenvalue weighted by Gasteiger charge is -2.04. The molecule has 0 aliphatic heterocycles. The third kappa shape index (κ3) is 2.41. The van der Waals surface area contributed by atoms with E-state index in [9.17, 15) is 14.9 Å². The Kier molecular flexibility index (Phi) is 3.39. The van der Waals surface area contributed by atoms with Gasteiger partial charge in [0.1, 0.15) is 0 Å². The molecule has 0 aromatic heterocycles. The fourth-order valence-electron chi connectivity index (χ4n) is 1.000. The molecule has 14 heavy (non-hydrogen) atoms. The summed E-state index contributed by atoms with van der Waals surface area (Å²) in [5.41, 5.74) is 0.183. The second-order valence-corrected chi connectivity index (χ2v) is 3.82. The number of aliphatic carboxylic acids is 1. The van der Waals surface area contributed by atoms with Gasteiger partial charge in [0, 0.05) is 14.1 Å². The zero-order chi connectivity index (χ0) is 10.7. The van der Waals surface area contributed by atoms with E-state index in [4.69, 9.17) is 5.11 Å². The number of nitrogens with zero attached hydrogens (tertiary/aromatic N) is 1. The Bertz CT molecular complexity index is 348. The summed E-state index contributed by atoms with van der Waals surface area (Å²) in [6.45, 7) is 0. The van der Waals surface area contributed by atoms with E-state index in [1.807, 2.05) is 22.6 Å². The molecule has 1 atom stereocenters. The molecule has 1 unspecified atom stereocenters. The van der Waals surface area contributed by atoms with Crippen molar-refractivity contribution >= 4 is 28.6 Å². The first-order chi connectivity index (χ1) is 6.52. The van der Waals surface area contributed by atoms with E-state index in [0.29, 0.717) is 0 Å². The molecule has 1 aromatic rings. The molecule has 74 valence electrons. The minimum Gasteiger partial charge on any atom is -0.476 e. The van der Waals surface area contributed by atoms with E-state index in [0.717, 1.165) is 3.57 Å². The number of carbonyl (C=O) groups is 1. The van der Waals surface area contributed by atoms with Gasteiger partial charge in [0.2, 0.25) is 0 Å².